The lowest BCUT2D eigenvalue weighted by Gasteiger charge is -2.21. The lowest BCUT2D eigenvalue weighted by atomic mass is 10.0. The third-order valence-corrected chi connectivity index (χ3v) is 20.5. The van der Waals surface area contributed by atoms with Crippen molar-refractivity contribution in [1.29, 1.82) is 0 Å². The zero-order valence-corrected chi connectivity index (χ0v) is 65.6. The van der Waals surface area contributed by atoms with E-state index in [1.165, 1.54) is 257 Å². The number of carbonyl (C=O) groups excluding carboxylic acids is 4. The molecule has 98 heavy (non-hydrogen) atoms. The zero-order valence-electron chi connectivity index (χ0n) is 63.8. The molecule has 3 N–H and O–H groups in total. The van der Waals surface area contributed by atoms with Gasteiger partial charge in [0.2, 0.25) is 0 Å². The summed E-state index contributed by atoms with van der Waals surface area (Å²) in [6.45, 7) is 5.00. The molecule has 0 radical (unpaired) electrons. The number of phosphoric acid groups is 2. The maximum absolute atomic E-state index is 13.1. The molecule has 0 bridgehead atoms. The summed E-state index contributed by atoms with van der Waals surface area (Å²) in [7, 11) is -9.91. The van der Waals surface area contributed by atoms with Crippen LogP contribution in [0.25, 0.3) is 0 Å². The fraction of sp³-hybridized carbons (Fsp3) is 0.949. The molecule has 0 fully saturated rings. The molecule has 5 atom stereocenters. The zero-order chi connectivity index (χ0) is 71.8. The van der Waals surface area contributed by atoms with Crippen LogP contribution in [0.3, 0.4) is 0 Å². The average Bonchev–Trinajstić information content (AvgIpc) is 3.46. The van der Waals surface area contributed by atoms with E-state index in [2.05, 4.69) is 27.7 Å². The first kappa shape index (κ1) is 96.1. The topological polar surface area (TPSA) is 237 Å². The highest BCUT2D eigenvalue weighted by Crippen LogP contribution is 2.45. The minimum atomic E-state index is -4.96. The van der Waals surface area contributed by atoms with Gasteiger partial charge in [-0.2, -0.15) is 0 Å². The molecule has 0 aliphatic rings. The minimum Gasteiger partial charge on any atom is -0.462 e. The highest BCUT2D eigenvalue weighted by Gasteiger charge is 2.30. The summed E-state index contributed by atoms with van der Waals surface area (Å²) in [6.07, 6.45) is 65.1. The monoisotopic (exact) mass is 1440 g/mol. The molecule has 0 heterocycles. The first-order valence-electron chi connectivity index (χ1n) is 41.3. The van der Waals surface area contributed by atoms with Gasteiger partial charge < -0.3 is 33.8 Å². The van der Waals surface area contributed by atoms with Gasteiger partial charge in [0.1, 0.15) is 19.3 Å². The Morgan fingerprint density at radius 2 is 0.408 bits per heavy atom. The van der Waals surface area contributed by atoms with Gasteiger partial charge in [0.15, 0.2) is 12.2 Å². The van der Waals surface area contributed by atoms with Crippen LogP contribution in [-0.4, -0.2) is 96.7 Å². The molecule has 0 aromatic heterocycles. The molecule has 0 saturated heterocycles. The fourth-order valence-corrected chi connectivity index (χ4v) is 13.9. The van der Waals surface area contributed by atoms with E-state index in [4.69, 9.17) is 37.0 Å². The Kier molecular flexibility index (Phi) is 71.9. The van der Waals surface area contributed by atoms with Gasteiger partial charge in [0.05, 0.1) is 26.4 Å². The first-order chi connectivity index (χ1) is 47.7. The largest absolute Gasteiger partial charge is 0.472 e. The molecule has 582 valence electrons. The van der Waals surface area contributed by atoms with Crippen molar-refractivity contribution in [1.82, 2.24) is 0 Å². The summed E-state index contributed by atoms with van der Waals surface area (Å²) < 4.78 is 68.6. The quantitative estimate of drug-likeness (QED) is 0.0222. The van der Waals surface area contributed by atoms with Gasteiger partial charge in [-0.3, -0.25) is 37.3 Å². The number of aliphatic hydroxyl groups is 1. The predicted octanol–water partition coefficient (Wildman–Crippen LogP) is 23.8. The van der Waals surface area contributed by atoms with Crippen molar-refractivity contribution in [2.24, 2.45) is 0 Å². The fourth-order valence-electron chi connectivity index (χ4n) is 12.3. The van der Waals surface area contributed by atoms with Crippen molar-refractivity contribution < 1.29 is 80.2 Å². The van der Waals surface area contributed by atoms with E-state index in [0.717, 1.165) is 89.9 Å². The van der Waals surface area contributed by atoms with E-state index in [-0.39, 0.29) is 25.7 Å². The van der Waals surface area contributed by atoms with Gasteiger partial charge in [-0.15, -0.1) is 0 Å². The van der Waals surface area contributed by atoms with Gasteiger partial charge in [-0.1, -0.05) is 374 Å². The van der Waals surface area contributed by atoms with E-state index in [9.17, 15) is 43.2 Å². The van der Waals surface area contributed by atoms with Crippen LogP contribution in [-0.2, 0) is 65.4 Å². The second kappa shape index (κ2) is 73.4. The van der Waals surface area contributed by atoms with Crippen LogP contribution in [0.5, 0.6) is 0 Å². The predicted molar refractivity (Wildman–Crippen MR) is 400 cm³/mol. The number of hydrogen-bond acceptors (Lipinski definition) is 15. The lowest BCUT2D eigenvalue weighted by molar-refractivity contribution is -0.161. The molecule has 17 nitrogen and oxygen atoms in total. The van der Waals surface area contributed by atoms with Crippen LogP contribution in [0.2, 0.25) is 0 Å². The Bertz CT molecular complexity index is 1860. The number of carbonyl (C=O) groups is 4. The molecule has 2 unspecified atom stereocenters. The number of unbranched alkanes of at least 4 members (excludes halogenated alkanes) is 54. The van der Waals surface area contributed by atoms with Crippen molar-refractivity contribution in [2.45, 2.75) is 444 Å². The number of aliphatic hydroxyl groups excluding tert-OH is 1. The van der Waals surface area contributed by atoms with Crippen LogP contribution in [0, 0.1) is 0 Å². The van der Waals surface area contributed by atoms with E-state index in [1.807, 2.05) is 0 Å². The van der Waals surface area contributed by atoms with Gasteiger partial charge >= 0.3 is 39.5 Å². The SMILES string of the molecule is CCCCCCCCCCCCCCCCCCCCCC(=O)O[C@H](COC(=O)CCCCCCCCCCCCCCCCCC)COP(=O)(O)OC[C@@H](O)COP(=O)(O)OC[C@@H](COC(=O)CCCCCCCCCCC)OC(=O)CCCCCCCCCCCCCCCC. The Labute approximate surface area is 600 Å². The summed E-state index contributed by atoms with van der Waals surface area (Å²) in [4.78, 5) is 72.9. The van der Waals surface area contributed by atoms with E-state index < -0.39 is 97.5 Å². The maximum Gasteiger partial charge on any atom is 0.472 e. The maximum atomic E-state index is 13.1. The van der Waals surface area contributed by atoms with Crippen molar-refractivity contribution in [3.63, 3.8) is 0 Å². The van der Waals surface area contributed by atoms with Gasteiger partial charge in [-0.05, 0) is 25.7 Å². The molecule has 0 saturated carbocycles. The average molecular weight is 1440 g/mol. The molecule has 0 rings (SSSR count). The molecule has 0 aliphatic carbocycles. The van der Waals surface area contributed by atoms with E-state index in [1.54, 1.807) is 0 Å². The third kappa shape index (κ3) is 72.4. The Balaban J connectivity index is 5.22. The Hall–Kier alpha value is -1.94. The minimum absolute atomic E-state index is 0.109. The summed E-state index contributed by atoms with van der Waals surface area (Å²) in [5.74, 6) is -2.11. The van der Waals surface area contributed by atoms with Gasteiger partial charge in [0.25, 0.3) is 0 Å². The van der Waals surface area contributed by atoms with E-state index >= 15 is 0 Å². The number of esters is 4. The van der Waals surface area contributed by atoms with Crippen LogP contribution >= 0.6 is 15.6 Å². The second-order valence-electron chi connectivity index (χ2n) is 28.5. The number of rotatable bonds is 80. The molecule has 19 heteroatoms. The number of ether oxygens (including phenoxy) is 4. The Morgan fingerprint density at radius 1 is 0.245 bits per heavy atom. The molecule has 0 spiro atoms. The summed E-state index contributed by atoms with van der Waals surface area (Å²) in [5.41, 5.74) is 0. The van der Waals surface area contributed by atoms with Gasteiger partial charge in [0, 0.05) is 25.7 Å². The smallest absolute Gasteiger partial charge is 0.462 e. The van der Waals surface area contributed by atoms with Crippen LogP contribution in [0.1, 0.15) is 426 Å². The molecule has 0 amide bonds. The standard InChI is InChI=1S/C79H154O17P2/c1-5-9-13-17-21-25-28-31-34-36-37-38-40-43-46-50-54-58-62-66-79(84)96-75(70-90-77(82)64-60-56-52-48-44-42-39-35-32-29-26-22-18-14-10-6-2)72-94-98(87,88)92-68-73(80)67-91-97(85,86)93-71-74(69-89-76(81)63-59-55-51-47-24-20-16-12-8-4)95-78(83)65-61-57-53-49-45-41-33-30-27-23-19-15-11-7-3/h73-75,80H,5-72H2,1-4H3,(H,85,86)(H,87,88)/t73-,74+,75+/m0/s1. The molecule has 0 aromatic carbocycles. The molecule has 0 aromatic rings. The second-order valence-corrected chi connectivity index (χ2v) is 31.4. The van der Waals surface area contributed by atoms with Gasteiger partial charge in [-0.25, -0.2) is 9.13 Å². The molecular formula is C79H154O17P2. The van der Waals surface area contributed by atoms with E-state index in [0.29, 0.717) is 25.7 Å². The van der Waals surface area contributed by atoms with Crippen molar-refractivity contribution in [2.75, 3.05) is 39.6 Å². The molecule has 0 aliphatic heterocycles. The number of hydrogen-bond donors (Lipinski definition) is 3. The Morgan fingerprint density at radius 3 is 0.602 bits per heavy atom. The lowest BCUT2D eigenvalue weighted by Crippen LogP contribution is -2.30. The summed E-state index contributed by atoms with van der Waals surface area (Å²) >= 11 is 0. The molecular weight excluding hydrogens is 1280 g/mol. The van der Waals surface area contributed by atoms with Crippen molar-refractivity contribution >= 4 is 39.5 Å². The number of phosphoric ester groups is 2. The van der Waals surface area contributed by atoms with Crippen molar-refractivity contribution in [3.8, 4) is 0 Å². The highest BCUT2D eigenvalue weighted by molar-refractivity contribution is 7.47. The van der Waals surface area contributed by atoms with Crippen molar-refractivity contribution in [3.05, 3.63) is 0 Å². The summed E-state index contributed by atoms with van der Waals surface area (Å²) in [6, 6.07) is 0. The van der Waals surface area contributed by atoms with Crippen LogP contribution < -0.4 is 0 Å². The van der Waals surface area contributed by atoms with Crippen LogP contribution in [0.15, 0.2) is 0 Å². The normalized spacial score (nSPS) is 13.8. The first-order valence-corrected chi connectivity index (χ1v) is 44.3. The van der Waals surface area contributed by atoms with Crippen LogP contribution in [0.4, 0.5) is 0 Å². The summed E-state index contributed by atoms with van der Waals surface area (Å²) in [5, 5.41) is 10.6. The highest BCUT2D eigenvalue weighted by atomic mass is 31.2. The third-order valence-electron chi connectivity index (χ3n) is 18.6.